The number of dihydropyridines is 1. The van der Waals surface area contributed by atoms with Gasteiger partial charge in [-0.15, -0.1) is 0 Å². The minimum Gasteiger partial charge on any atom is -0.382 e. The lowest BCUT2D eigenvalue weighted by Gasteiger charge is -2.17. The van der Waals surface area contributed by atoms with E-state index in [4.69, 9.17) is 0 Å². The normalized spacial score (nSPS) is 20.1. The van der Waals surface area contributed by atoms with Gasteiger partial charge in [0.1, 0.15) is 5.82 Å². The molecule has 5 heteroatoms. The van der Waals surface area contributed by atoms with Crippen LogP contribution in [0.5, 0.6) is 0 Å². The average Bonchev–Trinajstić information content (AvgIpc) is 3.23. The third-order valence-corrected chi connectivity index (χ3v) is 5.94. The molecule has 3 aliphatic heterocycles. The zero-order valence-electron chi connectivity index (χ0n) is 15.8. The van der Waals surface area contributed by atoms with Gasteiger partial charge in [-0.25, -0.2) is 4.39 Å². The fraction of sp³-hybridized carbons (Fsp3) is 0.261. The molecule has 1 fully saturated rings. The van der Waals surface area contributed by atoms with Crippen LogP contribution in [-0.2, 0) is 17.8 Å². The number of rotatable bonds is 3. The summed E-state index contributed by atoms with van der Waals surface area (Å²) in [5, 5.41) is 3.19. The number of likely N-dealkylation sites (N-methyl/N-ethyl adjacent to an activating group) is 1. The Bertz CT molecular complexity index is 1030. The average molecular weight is 375 g/mol. The SMILES string of the molecule is CN1CCc2cc(-c3ccc(CN4CC5NC=CC=C5C4=O)c(F)c3)ccc21. The number of carbonyl (C=O) groups excluding carboxylic acids is 1. The van der Waals surface area contributed by atoms with Crippen molar-refractivity contribution in [2.24, 2.45) is 0 Å². The van der Waals surface area contributed by atoms with E-state index >= 15 is 0 Å². The lowest BCUT2D eigenvalue weighted by atomic mass is 10.00. The zero-order chi connectivity index (χ0) is 19.3. The number of likely N-dealkylation sites (tertiary alicyclic amines) is 1. The molecule has 0 radical (unpaired) electrons. The number of hydrogen-bond acceptors (Lipinski definition) is 3. The number of amides is 1. The fourth-order valence-electron chi connectivity index (χ4n) is 4.33. The minimum absolute atomic E-state index is 0.00406. The number of carbonyl (C=O) groups is 1. The topological polar surface area (TPSA) is 35.6 Å². The largest absolute Gasteiger partial charge is 0.382 e. The van der Waals surface area contributed by atoms with Crippen LogP contribution in [0.1, 0.15) is 11.1 Å². The number of benzene rings is 2. The summed E-state index contributed by atoms with van der Waals surface area (Å²) in [7, 11) is 2.09. The highest BCUT2D eigenvalue weighted by Gasteiger charge is 2.35. The predicted octanol–water partition coefficient (Wildman–Crippen LogP) is 3.24. The second-order valence-corrected chi connectivity index (χ2v) is 7.71. The van der Waals surface area contributed by atoms with Crippen molar-refractivity contribution in [1.82, 2.24) is 10.2 Å². The van der Waals surface area contributed by atoms with E-state index in [1.165, 1.54) is 11.3 Å². The van der Waals surface area contributed by atoms with E-state index in [0.29, 0.717) is 12.1 Å². The Balaban J connectivity index is 1.37. The summed E-state index contributed by atoms with van der Waals surface area (Å²) in [6.07, 6.45) is 6.54. The summed E-state index contributed by atoms with van der Waals surface area (Å²) in [5.74, 6) is -0.286. The Hall–Kier alpha value is -3.08. The third kappa shape index (κ3) is 2.78. The van der Waals surface area contributed by atoms with E-state index in [2.05, 4.69) is 35.5 Å². The van der Waals surface area contributed by atoms with Crippen molar-refractivity contribution in [2.45, 2.75) is 19.0 Å². The number of nitrogens with zero attached hydrogens (tertiary/aromatic N) is 2. The summed E-state index contributed by atoms with van der Waals surface area (Å²) in [6, 6.07) is 11.7. The summed E-state index contributed by atoms with van der Waals surface area (Å²) >= 11 is 0. The van der Waals surface area contributed by atoms with Crippen molar-refractivity contribution in [3.05, 3.63) is 77.3 Å². The zero-order valence-corrected chi connectivity index (χ0v) is 15.8. The van der Waals surface area contributed by atoms with Crippen molar-refractivity contribution >= 4 is 11.6 Å². The molecule has 3 heterocycles. The maximum Gasteiger partial charge on any atom is 0.252 e. The molecule has 0 spiro atoms. The molecule has 1 atom stereocenters. The highest BCUT2D eigenvalue weighted by Crippen LogP contribution is 2.32. The highest BCUT2D eigenvalue weighted by atomic mass is 19.1. The van der Waals surface area contributed by atoms with E-state index in [9.17, 15) is 9.18 Å². The van der Waals surface area contributed by atoms with Crippen molar-refractivity contribution in [3.63, 3.8) is 0 Å². The lowest BCUT2D eigenvalue weighted by Crippen LogP contribution is -2.30. The van der Waals surface area contributed by atoms with Gasteiger partial charge in [0.2, 0.25) is 0 Å². The first-order valence-electron chi connectivity index (χ1n) is 9.65. The molecule has 2 aromatic rings. The maximum absolute atomic E-state index is 14.8. The van der Waals surface area contributed by atoms with Crippen LogP contribution in [-0.4, -0.2) is 37.0 Å². The molecular weight excluding hydrogens is 353 g/mol. The number of allylic oxidation sites excluding steroid dienone is 2. The van der Waals surface area contributed by atoms with Crippen LogP contribution in [0.2, 0.25) is 0 Å². The predicted molar refractivity (Wildman–Crippen MR) is 108 cm³/mol. The Morgan fingerprint density at radius 1 is 1.18 bits per heavy atom. The monoisotopic (exact) mass is 375 g/mol. The Kier molecular flexibility index (Phi) is 3.97. The Labute approximate surface area is 164 Å². The molecular formula is C23H22FN3O. The van der Waals surface area contributed by atoms with E-state index < -0.39 is 0 Å². The van der Waals surface area contributed by atoms with Gasteiger partial charge in [-0.05, 0) is 59.7 Å². The third-order valence-electron chi connectivity index (χ3n) is 5.94. The molecule has 0 aromatic heterocycles. The molecule has 28 heavy (non-hydrogen) atoms. The lowest BCUT2D eigenvalue weighted by molar-refractivity contribution is -0.125. The second kappa shape index (κ2) is 6.51. The van der Waals surface area contributed by atoms with Crippen molar-refractivity contribution in [2.75, 3.05) is 25.0 Å². The molecule has 0 saturated carbocycles. The smallest absolute Gasteiger partial charge is 0.252 e. The van der Waals surface area contributed by atoms with Crippen LogP contribution >= 0.6 is 0 Å². The molecule has 1 amide bonds. The Morgan fingerprint density at radius 2 is 2.00 bits per heavy atom. The molecule has 142 valence electrons. The number of fused-ring (bicyclic) bond motifs is 2. The van der Waals surface area contributed by atoms with Gasteiger partial charge < -0.3 is 15.1 Å². The molecule has 0 bridgehead atoms. The second-order valence-electron chi connectivity index (χ2n) is 7.71. The van der Waals surface area contributed by atoms with E-state index in [0.717, 1.165) is 29.7 Å². The molecule has 3 aliphatic rings. The van der Waals surface area contributed by atoms with E-state index in [1.54, 1.807) is 17.0 Å². The quantitative estimate of drug-likeness (QED) is 0.895. The van der Waals surface area contributed by atoms with Gasteiger partial charge in [0, 0.05) is 43.5 Å². The first-order valence-corrected chi connectivity index (χ1v) is 9.65. The van der Waals surface area contributed by atoms with E-state index in [-0.39, 0.29) is 24.3 Å². The molecule has 1 saturated heterocycles. The molecule has 0 aliphatic carbocycles. The van der Waals surface area contributed by atoms with Crippen LogP contribution in [0.15, 0.2) is 60.3 Å². The molecule has 2 aromatic carbocycles. The maximum atomic E-state index is 14.8. The fourth-order valence-corrected chi connectivity index (χ4v) is 4.33. The van der Waals surface area contributed by atoms with Gasteiger partial charge in [-0.1, -0.05) is 18.2 Å². The molecule has 1 N–H and O–H groups in total. The van der Waals surface area contributed by atoms with Gasteiger partial charge in [0.15, 0.2) is 0 Å². The van der Waals surface area contributed by atoms with Gasteiger partial charge in [-0.3, -0.25) is 4.79 Å². The number of nitrogens with one attached hydrogen (secondary N) is 1. The molecule has 1 unspecified atom stereocenters. The van der Waals surface area contributed by atoms with Gasteiger partial charge in [0.25, 0.3) is 5.91 Å². The van der Waals surface area contributed by atoms with Crippen molar-refractivity contribution in [1.29, 1.82) is 0 Å². The number of anilines is 1. The van der Waals surface area contributed by atoms with Gasteiger partial charge >= 0.3 is 0 Å². The highest BCUT2D eigenvalue weighted by molar-refractivity contribution is 5.97. The number of halogens is 1. The van der Waals surface area contributed by atoms with Crippen LogP contribution < -0.4 is 10.2 Å². The van der Waals surface area contributed by atoms with Crippen LogP contribution in [0.3, 0.4) is 0 Å². The molecule has 5 rings (SSSR count). The van der Waals surface area contributed by atoms with Gasteiger partial charge in [0.05, 0.1) is 6.04 Å². The summed E-state index contributed by atoms with van der Waals surface area (Å²) < 4.78 is 14.8. The van der Waals surface area contributed by atoms with Crippen molar-refractivity contribution in [3.8, 4) is 11.1 Å². The number of hydrogen-bond donors (Lipinski definition) is 1. The van der Waals surface area contributed by atoms with Crippen LogP contribution in [0.4, 0.5) is 10.1 Å². The standard InChI is InChI=1S/C23H22FN3O/c1-26-10-8-17-11-15(6-7-22(17)26)16-4-5-18(20(24)12-16)13-27-14-21-19(23(27)28)3-2-9-25-21/h2-7,9,11-12,21,25H,8,10,13-14H2,1H3. The van der Waals surface area contributed by atoms with Crippen LogP contribution in [0.25, 0.3) is 11.1 Å². The summed E-state index contributed by atoms with van der Waals surface area (Å²) in [6.45, 7) is 1.88. The first kappa shape index (κ1) is 17.0. The first-order chi connectivity index (χ1) is 13.6. The summed E-state index contributed by atoms with van der Waals surface area (Å²) in [4.78, 5) is 16.5. The molecule has 4 nitrogen and oxygen atoms in total. The van der Waals surface area contributed by atoms with E-state index in [1.807, 2.05) is 24.4 Å². The van der Waals surface area contributed by atoms with Crippen LogP contribution in [0, 0.1) is 5.82 Å². The minimum atomic E-state index is -0.266. The van der Waals surface area contributed by atoms with Gasteiger partial charge in [-0.2, -0.15) is 0 Å². The summed E-state index contributed by atoms with van der Waals surface area (Å²) in [5.41, 5.74) is 5.76. The Morgan fingerprint density at radius 3 is 2.82 bits per heavy atom. The van der Waals surface area contributed by atoms with Crippen molar-refractivity contribution < 1.29 is 9.18 Å².